The fraction of sp³-hybridized carbons (Fsp3) is 0.182. The molecule has 0 saturated heterocycles. The summed E-state index contributed by atoms with van der Waals surface area (Å²) in [5.74, 6) is 0.0859. The number of carbonyl (C=O) groups is 1. The number of rotatable bonds is 2. The third kappa shape index (κ3) is 2.36. The maximum absolute atomic E-state index is 11.4. The molecule has 0 aromatic carbocycles. The zero-order valence-corrected chi connectivity index (χ0v) is 8.32. The van der Waals surface area contributed by atoms with Crippen LogP contribution in [0, 0.1) is 0 Å². The van der Waals surface area contributed by atoms with E-state index in [0.29, 0.717) is 0 Å². The topological polar surface area (TPSA) is 41.8 Å². The number of hydrogen-bond acceptors (Lipinski definition) is 3. The van der Waals surface area contributed by atoms with Crippen molar-refractivity contribution < 1.29 is 4.79 Å². The highest BCUT2D eigenvalue weighted by Gasteiger charge is 2.12. The quantitative estimate of drug-likeness (QED) is 0.614. The summed E-state index contributed by atoms with van der Waals surface area (Å²) in [5, 5.41) is 7.36. The standard InChI is InChI=1S/C11H12N2O/c1-4-12-13-7-10-5-8(2)11(14)9(3)6-10/h4-7H,1H2,2-3H3. The lowest BCUT2D eigenvalue weighted by Gasteiger charge is -2.07. The van der Waals surface area contributed by atoms with Crippen molar-refractivity contribution in [1.82, 2.24) is 0 Å². The van der Waals surface area contributed by atoms with Crippen molar-refractivity contribution in [3.05, 3.63) is 47.9 Å². The third-order valence-electron chi connectivity index (χ3n) is 1.84. The lowest BCUT2D eigenvalue weighted by atomic mass is 9.96. The van der Waals surface area contributed by atoms with Gasteiger partial charge in [0.1, 0.15) is 0 Å². The molecular weight excluding hydrogens is 176 g/mol. The van der Waals surface area contributed by atoms with Gasteiger partial charge in [0.05, 0.1) is 6.20 Å². The number of hydrogen-bond donors (Lipinski definition) is 0. The monoisotopic (exact) mass is 188 g/mol. The molecule has 0 aromatic heterocycles. The molecule has 0 fully saturated rings. The van der Waals surface area contributed by atoms with E-state index in [1.54, 1.807) is 32.2 Å². The van der Waals surface area contributed by atoms with E-state index < -0.39 is 0 Å². The van der Waals surface area contributed by atoms with E-state index in [0.717, 1.165) is 16.7 Å². The average molecular weight is 188 g/mol. The van der Waals surface area contributed by atoms with Crippen molar-refractivity contribution in [1.29, 1.82) is 0 Å². The maximum Gasteiger partial charge on any atom is 0.184 e. The molecule has 0 aromatic rings. The van der Waals surface area contributed by atoms with Crippen LogP contribution in [-0.4, -0.2) is 5.78 Å². The minimum absolute atomic E-state index is 0.0859. The van der Waals surface area contributed by atoms with Crippen LogP contribution < -0.4 is 0 Å². The van der Waals surface area contributed by atoms with E-state index in [-0.39, 0.29) is 5.78 Å². The van der Waals surface area contributed by atoms with Gasteiger partial charge in [-0.15, -0.1) is 0 Å². The number of nitrogens with zero attached hydrogens (tertiary/aromatic N) is 2. The van der Waals surface area contributed by atoms with Crippen LogP contribution in [0.1, 0.15) is 13.8 Å². The molecular formula is C11H12N2O. The summed E-state index contributed by atoms with van der Waals surface area (Å²) >= 11 is 0. The molecule has 0 unspecified atom stereocenters. The van der Waals surface area contributed by atoms with Gasteiger partial charge in [-0.1, -0.05) is 6.58 Å². The maximum atomic E-state index is 11.4. The largest absolute Gasteiger partial charge is 0.289 e. The molecule has 0 atom stereocenters. The zero-order chi connectivity index (χ0) is 10.6. The van der Waals surface area contributed by atoms with Crippen LogP contribution in [0.4, 0.5) is 0 Å². The molecule has 0 bridgehead atoms. The zero-order valence-electron chi connectivity index (χ0n) is 8.32. The third-order valence-corrected chi connectivity index (χ3v) is 1.84. The van der Waals surface area contributed by atoms with Crippen LogP contribution in [-0.2, 0) is 4.79 Å². The molecule has 1 aliphatic rings. The molecule has 0 spiro atoms. The van der Waals surface area contributed by atoms with Crippen LogP contribution in [0.25, 0.3) is 0 Å². The van der Waals surface area contributed by atoms with Gasteiger partial charge in [0.2, 0.25) is 0 Å². The molecule has 3 heteroatoms. The van der Waals surface area contributed by atoms with Crippen molar-refractivity contribution in [2.45, 2.75) is 13.8 Å². The molecule has 72 valence electrons. The van der Waals surface area contributed by atoms with Gasteiger partial charge in [-0.25, -0.2) is 0 Å². The Morgan fingerprint density at radius 3 is 2.29 bits per heavy atom. The van der Waals surface area contributed by atoms with Crippen molar-refractivity contribution in [3.8, 4) is 0 Å². The smallest absolute Gasteiger partial charge is 0.184 e. The first kappa shape index (κ1) is 10.3. The van der Waals surface area contributed by atoms with E-state index in [2.05, 4.69) is 16.8 Å². The highest BCUT2D eigenvalue weighted by Crippen LogP contribution is 2.17. The normalized spacial score (nSPS) is 16.7. The Morgan fingerprint density at radius 1 is 1.21 bits per heavy atom. The molecule has 1 aliphatic carbocycles. The van der Waals surface area contributed by atoms with Crippen molar-refractivity contribution >= 4 is 5.78 Å². The number of azo groups is 1. The van der Waals surface area contributed by atoms with E-state index in [4.69, 9.17) is 0 Å². The van der Waals surface area contributed by atoms with Gasteiger partial charge in [-0.2, -0.15) is 10.2 Å². The molecule has 0 saturated carbocycles. The van der Waals surface area contributed by atoms with Crippen LogP contribution in [0.15, 0.2) is 58.1 Å². The van der Waals surface area contributed by atoms with Crippen molar-refractivity contribution in [3.63, 3.8) is 0 Å². The summed E-state index contributed by atoms with van der Waals surface area (Å²) in [4.78, 5) is 11.4. The predicted octanol–water partition coefficient (Wildman–Crippen LogP) is 2.94. The van der Waals surface area contributed by atoms with Gasteiger partial charge in [-0.05, 0) is 42.7 Å². The number of allylic oxidation sites excluding steroid dienone is 5. The summed E-state index contributed by atoms with van der Waals surface area (Å²) in [6.45, 7) is 6.99. The van der Waals surface area contributed by atoms with Crippen molar-refractivity contribution in [2.75, 3.05) is 0 Å². The molecule has 0 amide bonds. The first-order chi connectivity index (χ1) is 6.65. The average Bonchev–Trinajstić information content (AvgIpc) is 2.14. The highest BCUT2D eigenvalue weighted by molar-refractivity contribution is 6.09. The summed E-state index contributed by atoms with van der Waals surface area (Å²) < 4.78 is 0. The van der Waals surface area contributed by atoms with Gasteiger partial charge in [0.15, 0.2) is 5.78 Å². The van der Waals surface area contributed by atoms with Crippen LogP contribution in [0.5, 0.6) is 0 Å². The van der Waals surface area contributed by atoms with Gasteiger partial charge in [-0.3, -0.25) is 4.79 Å². The van der Waals surface area contributed by atoms with Crippen molar-refractivity contribution in [2.24, 2.45) is 10.2 Å². The lowest BCUT2D eigenvalue weighted by molar-refractivity contribution is -0.112. The van der Waals surface area contributed by atoms with E-state index in [9.17, 15) is 4.79 Å². The molecule has 0 radical (unpaired) electrons. The SMILES string of the molecule is C=CN=NC=C1C=C(C)C(=O)C(C)=C1. The van der Waals surface area contributed by atoms with Gasteiger partial charge >= 0.3 is 0 Å². The Labute approximate surface area is 83.2 Å². The summed E-state index contributed by atoms with van der Waals surface area (Å²) in [5.41, 5.74) is 2.33. The van der Waals surface area contributed by atoms with Crippen LogP contribution >= 0.6 is 0 Å². The molecule has 0 heterocycles. The molecule has 3 nitrogen and oxygen atoms in total. The Hall–Kier alpha value is -1.77. The van der Waals surface area contributed by atoms with Gasteiger partial charge in [0.25, 0.3) is 0 Å². The second kappa shape index (κ2) is 4.46. The molecule has 0 aliphatic heterocycles. The van der Waals surface area contributed by atoms with E-state index in [1.165, 1.54) is 6.20 Å². The summed E-state index contributed by atoms with van der Waals surface area (Å²) in [7, 11) is 0. The Kier molecular flexibility index (Phi) is 3.29. The fourth-order valence-corrected chi connectivity index (χ4v) is 1.21. The van der Waals surface area contributed by atoms with Gasteiger partial charge < -0.3 is 0 Å². The Morgan fingerprint density at radius 2 is 1.79 bits per heavy atom. The van der Waals surface area contributed by atoms with E-state index >= 15 is 0 Å². The Bertz CT molecular complexity index is 360. The fourth-order valence-electron chi connectivity index (χ4n) is 1.21. The summed E-state index contributed by atoms with van der Waals surface area (Å²) in [6.07, 6.45) is 6.54. The number of carbonyl (C=O) groups excluding carboxylic acids is 1. The summed E-state index contributed by atoms with van der Waals surface area (Å²) in [6, 6.07) is 0. The number of Topliss-reactive ketones (excluding diaryl/α,β-unsaturated/α-hetero) is 1. The first-order valence-electron chi connectivity index (χ1n) is 4.27. The minimum Gasteiger partial charge on any atom is -0.289 e. The number of ketones is 1. The predicted molar refractivity (Wildman–Crippen MR) is 55.7 cm³/mol. The van der Waals surface area contributed by atoms with Crippen LogP contribution in [0.3, 0.4) is 0 Å². The molecule has 0 N–H and O–H groups in total. The molecule has 1 rings (SSSR count). The van der Waals surface area contributed by atoms with Crippen LogP contribution in [0.2, 0.25) is 0 Å². The second-order valence-electron chi connectivity index (χ2n) is 3.03. The lowest BCUT2D eigenvalue weighted by Crippen LogP contribution is -2.05. The first-order valence-corrected chi connectivity index (χ1v) is 4.27. The van der Waals surface area contributed by atoms with E-state index in [1.807, 2.05) is 0 Å². The van der Waals surface area contributed by atoms with Gasteiger partial charge in [0, 0.05) is 6.20 Å². The molecule has 14 heavy (non-hydrogen) atoms. The Balaban J connectivity index is 2.94. The minimum atomic E-state index is 0.0859. The highest BCUT2D eigenvalue weighted by atomic mass is 16.1. The second-order valence-corrected chi connectivity index (χ2v) is 3.03.